The highest BCUT2D eigenvalue weighted by Gasteiger charge is 2.00. The smallest absolute Gasteiger partial charge is 0.224 e. The Morgan fingerprint density at radius 3 is 2.61 bits per heavy atom. The van der Waals surface area contributed by atoms with Crippen LogP contribution in [0.5, 0.6) is 0 Å². The molecule has 0 radical (unpaired) electrons. The lowest BCUT2D eigenvalue weighted by Gasteiger charge is -2.09. The quantitative estimate of drug-likeness (QED) is 0.731. The van der Waals surface area contributed by atoms with Gasteiger partial charge in [0.25, 0.3) is 0 Å². The van der Waals surface area contributed by atoms with Crippen LogP contribution in [0.2, 0.25) is 0 Å². The van der Waals surface area contributed by atoms with E-state index in [1.54, 1.807) is 12.4 Å². The van der Waals surface area contributed by atoms with Gasteiger partial charge in [-0.2, -0.15) is 4.98 Å². The number of rotatable bonds is 6. The maximum Gasteiger partial charge on any atom is 0.224 e. The molecule has 0 saturated heterocycles. The number of hydrogen-bond acceptors (Lipinski definition) is 5. The summed E-state index contributed by atoms with van der Waals surface area (Å²) in [4.78, 5) is 12.8. The number of benzene rings is 1. The Hall–Kier alpha value is -2.95. The van der Waals surface area contributed by atoms with Crippen molar-refractivity contribution in [2.45, 2.75) is 20.0 Å². The van der Waals surface area contributed by atoms with Crippen LogP contribution in [0, 0.1) is 6.92 Å². The zero-order chi connectivity index (χ0) is 15.9. The number of aryl methyl sites for hydroxylation is 1. The maximum atomic E-state index is 4.47. The van der Waals surface area contributed by atoms with Crippen LogP contribution in [-0.4, -0.2) is 15.0 Å². The van der Waals surface area contributed by atoms with E-state index in [0.29, 0.717) is 12.5 Å². The minimum Gasteiger partial charge on any atom is -0.366 e. The second-order valence-electron chi connectivity index (χ2n) is 5.32. The minimum atomic E-state index is 0.600. The van der Waals surface area contributed by atoms with Gasteiger partial charge in [0.05, 0.1) is 0 Å². The molecular formula is C18H19N5. The molecule has 0 fully saturated rings. The standard InChI is InChI=1S/C18H19N5/c1-14-4-2-5-15(10-14)12-21-17-7-9-20-18(23-17)22-13-16-6-3-8-19-11-16/h2-11H,12-13H2,1H3,(H2,20,21,22,23). The van der Waals surface area contributed by atoms with E-state index in [9.17, 15) is 0 Å². The molecule has 0 saturated carbocycles. The average Bonchev–Trinajstić information content (AvgIpc) is 2.60. The second-order valence-corrected chi connectivity index (χ2v) is 5.32. The maximum absolute atomic E-state index is 4.47. The lowest BCUT2D eigenvalue weighted by molar-refractivity contribution is 1.03. The summed E-state index contributed by atoms with van der Waals surface area (Å²) in [5.41, 5.74) is 3.58. The molecule has 2 aromatic heterocycles. The van der Waals surface area contributed by atoms with Crippen molar-refractivity contribution in [3.05, 3.63) is 77.7 Å². The van der Waals surface area contributed by atoms with Gasteiger partial charge >= 0.3 is 0 Å². The van der Waals surface area contributed by atoms with Crippen LogP contribution in [0.3, 0.4) is 0 Å². The Balaban J connectivity index is 1.59. The van der Waals surface area contributed by atoms with Gasteiger partial charge in [0.1, 0.15) is 5.82 Å². The molecule has 3 aromatic rings. The van der Waals surface area contributed by atoms with Crippen molar-refractivity contribution < 1.29 is 0 Å². The molecule has 0 spiro atoms. The van der Waals surface area contributed by atoms with Crippen molar-refractivity contribution in [2.24, 2.45) is 0 Å². The highest BCUT2D eigenvalue weighted by atomic mass is 15.1. The normalized spacial score (nSPS) is 10.3. The number of aromatic nitrogens is 3. The molecule has 116 valence electrons. The van der Waals surface area contributed by atoms with Crippen LogP contribution in [0.1, 0.15) is 16.7 Å². The van der Waals surface area contributed by atoms with E-state index in [4.69, 9.17) is 0 Å². The predicted molar refractivity (Wildman–Crippen MR) is 92.1 cm³/mol. The van der Waals surface area contributed by atoms with Gasteiger partial charge in [-0.05, 0) is 30.2 Å². The molecule has 5 heteroatoms. The summed E-state index contributed by atoms with van der Waals surface area (Å²) in [6.45, 7) is 3.48. The van der Waals surface area contributed by atoms with Crippen LogP contribution in [0.4, 0.5) is 11.8 Å². The molecule has 0 aliphatic rings. The van der Waals surface area contributed by atoms with E-state index in [1.807, 2.05) is 24.4 Å². The van der Waals surface area contributed by atoms with E-state index < -0.39 is 0 Å². The third-order valence-electron chi connectivity index (χ3n) is 3.39. The van der Waals surface area contributed by atoms with Gasteiger partial charge in [0.2, 0.25) is 5.95 Å². The fourth-order valence-electron chi connectivity index (χ4n) is 2.24. The monoisotopic (exact) mass is 305 g/mol. The van der Waals surface area contributed by atoms with Gasteiger partial charge in [-0.3, -0.25) is 4.98 Å². The molecule has 3 rings (SSSR count). The van der Waals surface area contributed by atoms with Gasteiger partial charge in [-0.1, -0.05) is 35.9 Å². The van der Waals surface area contributed by atoms with Crippen LogP contribution in [-0.2, 0) is 13.1 Å². The summed E-state index contributed by atoms with van der Waals surface area (Å²) < 4.78 is 0. The van der Waals surface area contributed by atoms with Crippen molar-refractivity contribution >= 4 is 11.8 Å². The Morgan fingerprint density at radius 1 is 0.913 bits per heavy atom. The molecule has 0 bridgehead atoms. The summed E-state index contributed by atoms with van der Waals surface area (Å²) in [7, 11) is 0. The fourth-order valence-corrected chi connectivity index (χ4v) is 2.24. The molecule has 5 nitrogen and oxygen atoms in total. The Morgan fingerprint density at radius 2 is 1.78 bits per heavy atom. The van der Waals surface area contributed by atoms with Gasteiger partial charge in [0, 0.05) is 31.7 Å². The largest absolute Gasteiger partial charge is 0.366 e. The number of hydrogen-bond donors (Lipinski definition) is 2. The number of anilines is 2. The molecule has 2 heterocycles. The molecule has 0 atom stereocenters. The van der Waals surface area contributed by atoms with Gasteiger partial charge in [-0.25, -0.2) is 4.98 Å². The van der Waals surface area contributed by atoms with Crippen molar-refractivity contribution in [1.82, 2.24) is 15.0 Å². The third-order valence-corrected chi connectivity index (χ3v) is 3.39. The van der Waals surface area contributed by atoms with Crippen LogP contribution in [0.15, 0.2) is 61.1 Å². The van der Waals surface area contributed by atoms with Crippen molar-refractivity contribution in [3.63, 3.8) is 0 Å². The SMILES string of the molecule is Cc1cccc(CNc2ccnc(NCc3cccnc3)n2)c1. The van der Waals surface area contributed by atoms with Crippen LogP contribution in [0.25, 0.3) is 0 Å². The zero-order valence-electron chi connectivity index (χ0n) is 13.0. The highest BCUT2D eigenvalue weighted by molar-refractivity contribution is 5.40. The van der Waals surface area contributed by atoms with Crippen molar-refractivity contribution in [1.29, 1.82) is 0 Å². The van der Waals surface area contributed by atoms with Crippen molar-refractivity contribution in [3.8, 4) is 0 Å². The first-order chi connectivity index (χ1) is 11.3. The second kappa shape index (κ2) is 7.35. The summed E-state index contributed by atoms with van der Waals surface area (Å²) in [6, 6.07) is 14.2. The zero-order valence-corrected chi connectivity index (χ0v) is 13.0. The summed E-state index contributed by atoms with van der Waals surface area (Å²) >= 11 is 0. The van der Waals surface area contributed by atoms with Crippen LogP contribution >= 0.6 is 0 Å². The lowest BCUT2D eigenvalue weighted by Crippen LogP contribution is -2.07. The topological polar surface area (TPSA) is 62.7 Å². The number of pyridine rings is 1. The Bertz CT molecular complexity index is 758. The average molecular weight is 305 g/mol. The molecule has 0 amide bonds. The minimum absolute atomic E-state index is 0.600. The highest BCUT2D eigenvalue weighted by Crippen LogP contribution is 2.10. The summed E-state index contributed by atoms with van der Waals surface area (Å²) in [5.74, 6) is 1.40. The number of nitrogens with one attached hydrogen (secondary N) is 2. The molecule has 0 aliphatic carbocycles. The van der Waals surface area contributed by atoms with E-state index >= 15 is 0 Å². The molecular weight excluding hydrogens is 286 g/mol. The molecule has 1 aromatic carbocycles. The first kappa shape index (κ1) is 15.0. The lowest BCUT2D eigenvalue weighted by atomic mass is 10.1. The summed E-state index contributed by atoms with van der Waals surface area (Å²) in [5, 5.41) is 6.53. The summed E-state index contributed by atoms with van der Waals surface area (Å²) in [6.07, 6.45) is 5.33. The van der Waals surface area contributed by atoms with E-state index in [2.05, 4.69) is 56.8 Å². The van der Waals surface area contributed by atoms with E-state index in [-0.39, 0.29) is 0 Å². The van der Waals surface area contributed by atoms with Crippen molar-refractivity contribution in [2.75, 3.05) is 10.6 Å². The molecule has 0 unspecified atom stereocenters. The van der Waals surface area contributed by atoms with Gasteiger partial charge in [0.15, 0.2) is 0 Å². The van der Waals surface area contributed by atoms with Gasteiger partial charge in [-0.15, -0.1) is 0 Å². The predicted octanol–water partition coefficient (Wildman–Crippen LogP) is 3.40. The first-order valence-electron chi connectivity index (χ1n) is 7.55. The Kier molecular flexibility index (Phi) is 4.79. The number of nitrogens with zero attached hydrogens (tertiary/aromatic N) is 3. The Labute approximate surface area is 135 Å². The molecule has 2 N–H and O–H groups in total. The fraction of sp³-hybridized carbons (Fsp3) is 0.167. The van der Waals surface area contributed by atoms with Crippen LogP contribution < -0.4 is 10.6 Å². The third kappa shape index (κ3) is 4.51. The molecule has 0 aliphatic heterocycles. The molecule has 23 heavy (non-hydrogen) atoms. The van der Waals surface area contributed by atoms with E-state index in [0.717, 1.165) is 17.9 Å². The van der Waals surface area contributed by atoms with E-state index in [1.165, 1.54) is 11.1 Å². The van der Waals surface area contributed by atoms with Gasteiger partial charge < -0.3 is 10.6 Å². The first-order valence-corrected chi connectivity index (χ1v) is 7.55.